The number of hydrogen-bond acceptors (Lipinski definition) is 7. The normalized spacial score (nSPS) is 17.8. The van der Waals surface area contributed by atoms with Crippen LogP contribution in [0.3, 0.4) is 0 Å². The van der Waals surface area contributed by atoms with Crippen LogP contribution in [0, 0.1) is 0 Å². The second kappa shape index (κ2) is 9.81. The van der Waals surface area contributed by atoms with Gasteiger partial charge in [0.2, 0.25) is 0 Å². The van der Waals surface area contributed by atoms with Gasteiger partial charge < -0.3 is 15.2 Å². The summed E-state index contributed by atoms with van der Waals surface area (Å²) in [7, 11) is 1.57. The molecule has 4 heterocycles. The molecule has 3 aromatic heterocycles. The molecule has 1 aliphatic rings. The molecule has 0 amide bonds. The number of alkyl halides is 3. The Balaban J connectivity index is 1.56. The molecule has 190 valence electrons. The molecule has 1 saturated heterocycles. The number of likely N-dealkylation sites (tertiary alicyclic amines) is 1. The number of hydrogen-bond donors (Lipinski definition) is 1. The Hall–Kier alpha value is -2.99. The van der Waals surface area contributed by atoms with E-state index in [-0.39, 0.29) is 24.7 Å². The first-order valence-electron chi connectivity index (χ1n) is 11.4. The first-order valence-corrected chi connectivity index (χ1v) is 11.8. The van der Waals surface area contributed by atoms with E-state index in [0.717, 1.165) is 5.39 Å². The Kier molecular flexibility index (Phi) is 6.73. The molecule has 0 radical (unpaired) electrons. The fourth-order valence-electron chi connectivity index (χ4n) is 4.51. The summed E-state index contributed by atoms with van der Waals surface area (Å²) >= 11 is 6.56. The number of pyridine rings is 2. The molecule has 4 aromatic rings. The van der Waals surface area contributed by atoms with Gasteiger partial charge in [0.25, 0.3) is 0 Å². The maximum absolute atomic E-state index is 14.1. The third-order valence-electron chi connectivity index (χ3n) is 6.21. The Morgan fingerprint density at radius 2 is 1.94 bits per heavy atom. The molecule has 1 aromatic carbocycles. The van der Waals surface area contributed by atoms with E-state index in [4.69, 9.17) is 26.8 Å². The summed E-state index contributed by atoms with van der Waals surface area (Å²) in [4.78, 5) is 6.02. The minimum absolute atomic E-state index is 0.0813. The minimum atomic E-state index is -4.47. The van der Waals surface area contributed by atoms with Crippen LogP contribution in [-0.2, 0) is 4.74 Å². The van der Waals surface area contributed by atoms with Gasteiger partial charge in [0.15, 0.2) is 11.5 Å². The third kappa shape index (κ3) is 4.71. The number of benzene rings is 1. The highest BCUT2D eigenvalue weighted by Crippen LogP contribution is 2.40. The lowest BCUT2D eigenvalue weighted by Crippen LogP contribution is -2.38. The zero-order valence-corrected chi connectivity index (χ0v) is 20.1. The van der Waals surface area contributed by atoms with Crippen molar-refractivity contribution >= 4 is 28.2 Å². The average molecular weight is 521 g/mol. The minimum Gasteiger partial charge on any atom is -0.490 e. The van der Waals surface area contributed by atoms with Crippen molar-refractivity contribution in [3.8, 4) is 17.3 Å². The van der Waals surface area contributed by atoms with Crippen LogP contribution in [-0.4, -0.2) is 70.1 Å². The molecular weight excluding hydrogens is 497 g/mol. The Morgan fingerprint density at radius 3 is 2.67 bits per heavy atom. The third-order valence-corrected chi connectivity index (χ3v) is 6.58. The predicted octanol–water partition coefficient (Wildman–Crippen LogP) is 4.26. The first kappa shape index (κ1) is 24.7. The zero-order valence-electron chi connectivity index (χ0n) is 19.4. The van der Waals surface area contributed by atoms with Crippen LogP contribution in [0.2, 0.25) is 5.02 Å². The summed E-state index contributed by atoms with van der Waals surface area (Å²) in [6, 6.07) is 8.03. The largest absolute Gasteiger partial charge is 0.490 e. The summed E-state index contributed by atoms with van der Waals surface area (Å²) in [6.45, 7) is 1.17. The highest BCUT2D eigenvalue weighted by molar-refractivity contribution is 6.36. The van der Waals surface area contributed by atoms with Gasteiger partial charge in [0.1, 0.15) is 29.1 Å². The van der Waals surface area contributed by atoms with E-state index in [2.05, 4.69) is 15.2 Å². The lowest BCUT2D eigenvalue weighted by atomic mass is 10.1. The van der Waals surface area contributed by atoms with E-state index >= 15 is 0 Å². The van der Waals surface area contributed by atoms with Gasteiger partial charge in [-0.2, -0.15) is 13.2 Å². The Bertz CT molecular complexity index is 1400. The van der Waals surface area contributed by atoms with Gasteiger partial charge in [-0.25, -0.2) is 4.98 Å². The second-order valence-corrected chi connectivity index (χ2v) is 9.07. The quantitative estimate of drug-likeness (QED) is 0.364. The van der Waals surface area contributed by atoms with E-state index < -0.39 is 12.2 Å². The SMILES string of the molecule is COCCOc1ccc2ccc(-c3nnc4ccc([C@@H](N5CC[C@H](N)C5)C(F)(F)F)cn34)nc2c1Cl. The fourth-order valence-corrected chi connectivity index (χ4v) is 4.78. The monoisotopic (exact) mass is 520 g/mol. The van der Waals surface area contributed by atoms with E-state index in [9.17, 15) is 13.2 Å². The molecule has 8 nitrogen and oxygen atoms in total. The average Bonchev–Trinajstić information content (AvgIpc) is 3.46. The van der Waals surface area contributed by atoms with Crippen molar-refractivity contribution in [1.82, 2.24) is 24.5 Å². The first-order chi connectivity index (χ1) is 17.3. The van der Waals surface area contributed by atoms with E-state index in [1.165, 1.54) is 27.6 Å². The van der Waals surface area contributed by atoms with Crippen molar-refractivity contribution in [3.05, 3.63) is 53.2 Å². The second-order valence-electron chi connectivity index (χ2n) is 8.69. The van der Waals surface area contributed by atoms with Gasteiger partial charge >= 0.3 is 6.18 Å². The number of ether oxygens (including phenoxy) is 2. The number of nitrogens with zero attached hydrogens (tertiary/aromatic N) is 5. The maximum atomic E-state index is 14.1. The van der Waals surface area contributed by atoms with Crippen molar-refractivity contribution < 1.29 is 22.6 Å². The molecule has 2 N–H and O–H groups in total. The standard InChI is InChI=1S/C24H24ClF3N6O2/c1-35-10-11-36-18-6-3-14-2-5-17(30-21(14)20(18)25)23-32-31-19-7-4-15(12-34(19)23)22(24(26,27)28)33-9-8-16(29)13-33/h2-7,12,16,22H,8-11,13,29H2,1H3/t16-,22+/m0/s1. The van der Waals surface area contributed by atoms with Gasteiger partial charge in [0.05, 0.1) is 12.1 Å². The van der Waals surface area contributed by atoms with Gasteiger partial charge in [-0.1, -0.05) is 23.7 Å². The zero-order chi connectivity index (χ0) is 25.4. The number of methoxy groups -OCH3 is 1. The summed E-state index contributed by atoms with van der Waals surface area (Å²) in [5.41, 5.74) is 7.27. The van der Waals surface area contributed by atoms with Crippen molar-refractivity contribution in [1.29, 1.82) is 0 Å². The number of rotatable bonds is 7. The molecule has 0 aliphatic carbocycles. The molecule has 1 fully saturated rings. The van der Waals surface area contributed by atoms with Crippen molar-refractivity contribution in [2.24, 2.45) is 5.73 Å². The lowest BCUT2D eigenvalue weighted by molar-refractivity contribution is -0.183. The van der Waals surface area contributed by atoms with Crippen LogP contribution in [0.5, 0.6) is 5.75 Å². The Morgan fingerprint density at radius 1 is 1.14 bits per heavy atom. The van der Waals surface area contributed by atoms with Gasteiger partial charge in [-0.05, 0) is 36.2 Å². The van der Waals surface area contributed by atoms with Crippen molar-refractivity contribution in [3.63, 3.8) is 0 Å². The topological polar surface area (TPSA) is 90.8 Å². The maximum Gasteiger partial charge on any atom is 0.408 e. The molecule has 36 heavy (non-hydrogen) atoms. The van der Waals surface area contributed by atoms with Crippen molar-refractivity contribution in [2.75, 3.05) is 33.4 Å². The number of fused-ring (bicyclic) bond motifs is 2. The van der Waals surface area contributed by atoms with Crippen LogP contribution in [0.15, 0.2) is 42.6 Å². The molecule has 0 bridgehead atoms. The highest BCUT2D eigenvalue weighted by atomic mass is 35.5. The smallest absolute Gasteiger partial charge is 0.408 e. The van der Waals surface area contributed by atoms with Gasteiger partial charge in [-0.15, -0.1) is 10.2 Å². The molecule has 1 aliphatic heterocycles. The summed E-state index contributed by atoms with van der Waals surface area (Å²) in [5, 5.41) is 9.43. The number of nitrogens with two attached hydrogens (primary N) is 1. The lowest BCUT2D eigenvalue weighted by Gasteiger charge is -2.30. The summed E-state index contributed by atoms with van der Waals surface area (Å²) in [5.74, 6) is 0.755. The number of aromatic nitrogens is 4. The highest BCUT2D eigenvalue weighted by Gasteiger charge is 2.46. The predicted molar refractivity (Wildman–Crippen MR) is 129 cm³/mol. The molecule has 0 unspecified atom stereocenters. The van der Waals surface area contributed by atoms with Crippen LogP contribution < -0.4 is 10.5 Å². The van der Waals surface area contributed by atoms with Gasteiger partial charge in [-0.3, -0.25) is 9.30 Å². The van der Waals surface area contributed by atoms with Crippen LogP contribution in [0.25, 0.3) is 28.1 Å². The number of halogens is 4. The van der Waals surface area contributed by atoms with Crippen LogP contribution in [0.1, 0.15) is 18.0 Å². The molecule has 2 atom stereocenters. The molecule has 12 heteroatoms. The van der Waals surface area contributed by atoms with Crippen molar-refractivity contribution in [2.45, 2.75) is 24.7 Å². The summed E-state index contributed by atoms with van der Waals surface area (Å²) in [6.07, 6.45) is -2.53. The van der Waals surface area contributed by atoms with Gasteiger partial charge in [0, 0.05) is 37.8 Å². The molecule has 0 spiro atoms. The van der Waals surface area contributed by atoms with E-state index in [0.29, 0.717) is 53.1 Å². The molecule has 0 saturated carbocycles. The molecule has 5 rings (SSSR count). The van der Waals surface area contributed by atoms with E-state index in [1.807, 2.05) is 12.1 Å². The van der Waals surface area contributed by atoms with Crippen LogP contribution in [0.4, 0.5) is 13.2 Å². The molecular formula is C24H24ClF3N6O2. The van der Waals surface area contributed by atoms with E-state index in [1.54, 1.807) is 19.2 Å². The van der Waals surface area contributed by atoms with Crippen LogP contribution >= 0.6 is 11.6 Å². The fraction of sp³-hybridized carbons (Fsp3) is 0.375. The Labute approximate surface area is 209 Å². The summed E-state index contributed by atoms with van der Waals surface area (Å²) < 4.78 is 54.6.